The molecule has 4 heterocycles. The summed E-state index contributed by atoms with van der Waals surface area (Å²) in [6, 6.07) is 6.10. The van der Waals surface area contributed by atoms with Crippen LogP contribution < -0.4 is 5.56 Å². The number of likely N-dealkylation sites (tertiary alicyclic amines) is 1. The Kier molecular flexibility index (Phi) is 5.27. The van der Waals surface area contributed by atoms with E-state index in [1.807, 2.05) is 14.7 Å². The maximum absolute atomic E-state index is 13.4. The van der Waals surface area contributed by atoms with Crippen molar-refractivity contribution < 1.29 is 9.18 Å². The van der Waals surface area contributed by atoms with Crippen molar-refractivity contribution in [2.75, 3.05) is 18.8 Å². The topological polar surface area (TPSA) is 72.5 Å². The smallest absolute Gasteiger partial charge is 0.264 e. The molecule has 0 N–H and O–H groups in total. The van der Waals surface area contributed by atoms with E-state index in [9.17, 15) is 14.0 Å². The Labute approximate surface area is 185 Å². The second-order valence-corrected chi connectivity index (χ2v) is 9.35. The van der Waals surface area contributed by atoms with Crippen molar-refractivity contribution in [1.29, 1.82) is 0 Å². The molecule has 1 amide bonds. The molecule has 0 spiro atoms. The molecule has 7 nitrogen and oxygen atoms in total. The normalized spacial score (nSPS) is 14.6. The zero-order chi connectivity index (χ0) is 21.5. The minimum absolute atomic E-state index is 0.0979. The highest BCUT2D eigenvalue weighted by molar-refractivity contribution is 7.99. The van der Waals surface area contributed by atoms with Crippen LogP contribution in [-0.2, 0) is 11.8 Å². The first-order chi connectivity index (χ1) is 15.0. The van der Waals surface area contributed by atoms with Gasteiger partial charge in [0.05, 0.1) is 11.1 Å². The van der Waals surface area contributed by atoms with Crippen molar-refractivity contribution in [1.82, 2.24) is 24.1 Å². The predicted molar refractivity (Wildman–Crippen MR) is 120 cm³/mol. The lowest BCUT2D eigenvalue weighted by Gasteiger charge is -2.26. The number of aromatic nitrogens is 4. The van der Waals surface area contributed by atoms with Gasteiger partial charge < -0.3 is 4.90 Å². The molecular formula is C21H20FN5O2S2. The van der Waals surface area contributed by atoms with E-state index in [1.165, 1.54) is 46.2 Å². The quantitative estimate of drug-likeness (QED) is 0.438. The van der Waals surface area contributed by atoms with Crippen LogP contribution in [0.15, 0.2) is 39.6 Å². The van der Waals surface area contributed by atoms with Crippen LogP contribution in [0.3, 0.4) is 0 Å². The first kappa shape index (κ1) is 20.2. The third-order valence-corrected chi connectivity index (χ3v) is 7.48. The summed E-state index contributed by atoms with van der Waals surface area (Å²) in [4.78, 5) is 28.3. The highest BCUT2D eigenvalue weighted by Gasteiger charge is 2.22. The molecule has 0 aliphatic carbocycles. The number of carbonyl (C=O) groups excluding carboxylic acids is 1. The molecular weight excluding hydrogens is 437 g/mol. The summed E-state index contributed by atoms with van der Waals surface area (Å²) >= 11 is 2.75. The van der Waals surface area contributed by atoms with E-state index in [0.29, 0.717) is 16.3 Å². The second-order valence-electron chi connectivity index (χ2n) is 7.55. The van der Waals surface area contributed by atoms with Gasteiger partial charge in [0, 0.05) is 31.1 Å². The molecule has 4 aromatic rings. The molecule has 5 rings (SSSR count). The van der Waals surface area contributed by atoms with Crippen LogP contribution in [0.4, 0.5) is 4.39 Å². The van der Waals surface area contributed by atoms with Crippen LogP contribution in [0, 0.1) is 5.82 Å². The first-order valence-corrected chi connectivity index (χ1v) is 11.9. The van der Waals surface area contributed by atoms with E-state index in [0.717, 1.165) is 41.9 Å². The molecule has 1 aliphatic rings. The number of halogens is 1. The van der Waals surface area contributed by atoms with Gasteiger partial charge in [0.2, 0.25) is 11.7 Å². The van der Waals surface area contributed by atoms with Crippen LogP contribution >= 0.6 is 23.1 Å². The highest BCUT2D eigenvalue weighted by atomic mass is 32.2. The molecule has 31 heavy (non-hydrogen) atoms. The number of rotatable bonds is 4. The fourth-order valence-electron chi connectivity index (χ4n) is 3.93. The van der Waals surface area contributed by atoms with Crippen molar-refractivity contribution in [2.24, 2.45) is 7.05 Å². The molecule has 0 atom stereocenters. The maximum Gasteiger partial charge on any atom is 0.264 e. The SMILES string of the molecule is Cn1c(=O)c2c(-c3ccc(F)cc3)csc2n2c(SCC(=O)N3CCCCC3)nnc12. The monoisotopic (exact) mass is 457 g/mol. The third-order valence-electron chi connectivity index (χ3n) is 5.60. The molecule has 1 fully saturated rings. The predicted octanol–water partition coefficient (Wildman–Crippen LogP) is 3.55. The Morgan fingerprint density at radius 3 is 2.65 bits per heavy atom. The van der Waals surface area contributed by atoms with Gasteiger partial charge in [-0.15, -0.1) is 21.5 Å². The Balaban J connectivity index is 1.56. The standard InChI is InChI=1S/C21H20FN5O2S2/c1-25-18(29)17-15(13-5-7-14(22)8-6-13)11-30-19(17)27-20(25)23-24-21(27)31-12-16(28)26-9-3-2-4-10-26/h5-8,11H,2-4,9-10,12H2,1H3. The number of amides is 1. The number of aryl methyl sites for hydroxylation is 1. The molecule has 0 saturated carbocycles. The molecule has 160 valence electrons. The molecule has 0 radical (unpaired) electrons. The van der Waals surface area contributed by atoms with Gasteiger partial charge in [-0.05, 0) is 37.0 Å². The van der Waals surface area contributed by atoms with Crippen molar-refractivity contribution in [3.8, 4) is 11.1 Å². The summed E-state index contributed by atoms with van der Waals surface area (Å²) in [5.41, 5.74) is 1.33. The lowest BCUT2D eigenvalue weighted by Crippen LogP contribution is -2.36. The van der Waals surface area contributed by atoms with E-state index in [2.05, 4.69) is 10.2 Å². The molecule has 10 heteroatoms. The fourth-order valence-corrected chi connectivity index (χ4v) is 5.90. The van der Waals surface area contributed by atoms with Crippen LogP contribution in [0.25, 0.3) is 27.1 Å². The van der Waals surface area contributed by atoms with Gasteiger partial charge in [-0.3, -0.25) is 14.2 Å². The van der Waals surface area contributed by atoms with Gasteiger partial charge in [0.25, 0.3) is 5.56 Å². The van der Waals surface area contributed by atoms with Gasteiger partial charge >= 0.3 is 0 Å². The van der Waals surface area contributed by atoms with Crippen LogP contribution in [0.5, 0.6) is 0 Å². The van der Waals surface area contributed by atoms with Crippen molar-refractivity contribution in [3.05, 3.63) is 45.8 Å². The summed E-state index contributed by atoms with van der Waals surface area (Å²) in [5, 5.41) is 11.5. The lowest BCUT2D eigenvalue weighted by molar-refractivity contribution is -0.129. The van der Waals surface area contributed by atoms with Crippen LogP contribution in [0.2, 0.25) is 0 Å². The van der Waals surface area contributed by atoms with E-state index in [1.54, 1.807) is 19.2 Å². The van der Waals surface area contributed by atoms with E-state index in [-0.39, 0.29) is 23.0 Å². The molecule has 0 unspecified atom stereocenters. The van der Waals surface area contributed by atoms with E-state index < -0.39 is 0 Å². The average molecular weight is 458 g/mol. The second kappa shape index (κ2) is 8.08. The number of carbonyl (C=O) groups is 1. The van der Waals surface area contributed by atoms with Gasteiger partial charge in [-0.2, -0.15) is 0 Å². The van der Waals surface area contributed by atoms with Crippen LogP contribution in [-0.4, -0.2) is 48.8 Å². The number of thioether (sulfide) groups is 1. The highest BCUT2D eigenvalue weighted by Crippen LogP contribution is 2.34. The summed E-state index contributed by atoms with van der Waals surface area (Å²) < 4.78 is 16.7. The molecule has 1 aromatic carbocycles. The maximum atomic E-state index is 13.4. The van der Waals surface area contributed by atoms with E-state index in [4.69, 9.17) is 0 Å². The van der Waals surface area contributed by atoms with Gasteiger partial charge in [0.15, 0.2) is 5.16 Å². The molecule has 3 aromatic heterocycles. The largest absolute Gasteiger partial charge is 0.342 e. The van der Waals surface area contributed by atoms with Gasteiger partial charge in [-0.25, -0.2) is 8.79 Å². The zero-order valence-corrected chi connectivity index (χ0v) is 18.5. The summed E-state index contributed by atoms with van der Waals surface area (Å²) in [6.07, 6.45) is 3.27. The number of fused-ring (bicyclic) bond motifs is 3. The number of benzene rings is 1. The summed E-state index contributed by atoms with van der Waals surface area (Å²) in [7, 11) is 1.66. The minimum atomic E-state index is -0.325. The Morgan fingerprint density at radius 2 is 1.90 bits per heavy atom. The Morgan fingerprint density at radius 1 is 1.16 bits per heavy atom. The first-order valence-electron chi connectivity index (χ1n) is 10.1. The molecule has 1 saturated heterocycles. The van der Waals surface area contributed by atoms with Crippen molar-refractivity contribution >= 4 is 45.0 Å². The van der Waals surface area contributed by atoms with Crippen molar-refractivity contribution in [2.45, 2.75) is 24.4 Å². The van der Waals surface area contributed by atoms with Crippen LogP contribution in [0.1, 0.15) is 19.3 Å². The molecule has 1 aliphatic heterocycles. The van der Waals surface area contributed by atoms with E-state index >= 15 is 0 Å². The van der Waals surface area contributed by atoms with Crippen molar-refractivity contribution in [3.63, 3.8) is 0 Å². The number of nitrogens with zero attached hydrogens (tertiary/aromatic N) is 5. The number of thiophene rings is 1. The van der Waals surface area contributed by atoms with Gasteiger partial charge in [0.1, 0.15) is 10.6 Å². The fraction of sp³-hybridized carbons (Fsp3) is 0.333. The summed E-state index contributed by atoms with van der Waals surface area (Å²) in [6.45, 7) is 1.62. The molecule has 0 bridgehead atoms. The minimum Gasteiger partial charge on any atom is -0.342 e. The Hall–Kier alpha value is -2.72. The number of hydrogen-bond donors (Lipinski definition) is 0. The Bertz CT molecular complexity index is 1340. The zero-order valence-electron chi connectivity index (χ0n) is 16.9. The average Bonchev–Trinajstić information content (AvgIpc) is 3.41. The van der Waals surface area contributed by atoms with Gasteiger partial charge in [-0.1, -0.05) is 23.9 Å². The lowest BCUT2D eigenvalue weighted by atomic mass is 10.1. The number of piperidine rings is 1. The summed E-state index contributed by atoms with van der Waals surface area (Å²) in [5.74, 6) is 0.481. The third kappa shape index (κ3) is 3.53. The number of hydrogen-bond acceptors (Lipinski definition) is 6.